The van der Waals surface area contributed by atoms with Crippen LogP contribution in [0.2, 0.25) is 0 Å². The summed E-state index contributed by atoms with van der Waals surface area (Å²) < 4.78 is 0. The molecule has 1 aliphatic carbocycles. The molecular weight excluding hydrogens is 188 g/mol. The van der Waals surface area contributed by atoms with Gasteiger partial charge in [-0.1, -0.05) is 19.1 Å². The highest BCUT2D eigenvalue weighted by Gasteiger charge is 2.33. The van der Waals surface area contributed by atoms with Crippen molar-refractivity contribution in [3.05, 3.63) is 12.2 Å². The highest BCUT2D eigenvalue weighted by atomic mass is 16.2. The van der Waals surface area contributed by atoms with Crippen molar-refractivity contribution < 1.29 is 9.90 Å². The molecule has 0 amide bonds. The topological polar surface area (TPSA) is 37.3 Å². The summed E-state index contributed by atoms with van der Waals surface area (Å²) in [5.41, 5.74) is 1.13. The van der Waals surface area contributed by atoms with Crippen LogP contribution in [0.25, 0.3) is 0 Å². The summed E-state index contributed by atoms with van der Waals surface area (Å²) in [6, 6.07) is 0. The van der Waals surface area contributed by atoms with Crippen LogP contribution in [0.5, 0.6) is 0 Å². The average molecular weight is 210 g/mol. The minimum Gasteiger partial charge on any atom is -0.396 e. The van der Waals surface area contributed by atoms with E-state index in [2.05, 4.69) is 6.58 Å². The Hall–Kier alpha value is -0.630. The number of allylic oxidation sites excluding steroid dienone is 1. The van der Waals surface area contributed by atoms with E-state index in [4.69, 9.17) is 5.11 Å². The molecule has 1 aliphatic rings. The van der Waals surface area contributed by atoms with Gasteiger partial charge < -0.3 is 5.11 Å². The van der Waals surface area contributed by atoms with Gasteiger partial charge in [-0.2, -0.15) is 0 Å². The van der Waals surface area contributed by atoms with Gasteiger partial charge in [-0.15, -0.1) is 0 Å². The maximum absolute atomic E-state index is 11.8. The molecule has 86 valence electrons. The number of ketones is 1. The van der Waals surface area contributed by atoms with Crippen molar-refractivity contribution >= 4 is 5.78 Å². The van der Waals surface area contributed by atoms with Gasteiger partial charge in [0.25, 0.3) is 0 Å². The second-order valence-corrected chi connectivity index (χ2v) is 4.86. The summed E-state index contributed by atoms with van der Waals surface area (Å²) in [6.07, 6.45) is 3.52. The molecule has 0 saturated heterocycles. The van der Waals surface area contributed by atoms with Crippen LogP contribution in [0.3, 0.4) is 0 Å². The van der Waals surface area contributed by atoms with Crippen molar-refractivity contribution in [2.45, 2.75) is 39.5 Å². The number of hydrogen-bond acceptors (Lipinski definition) is 2. The molecule has 1 saturated carbocycles. The Morgan fingerprint density at radius 1 is 1.60 bits per heavy atom. The summed E-state index contributed by atoms with van der Waals surface area (Å²) in [7, 11) is 0. The van der Waals surface area contributed by atoms with Crippen molar-refractivity contribution in [1.29, 1.82) is 0 Å². The van der Waals surface area contributed by atoms with Gasteiger partial charge in [0.1, 0.15) is 5.78 Å². The first kappa shape index (κ1) is 12.4. The first-order valence-corrected chi connectivity index (χ1v) is 5.85. The molecule has 0 radical (unpaired) electrons. The molecule has 15 heavy (non-hydrogen) atoms. The van der Waals surface area contributed by atoms with Crippen LogP contribution in [-0.2, 0) is 4.79 Å². The zero-order chi connectivity index (χ0) is 11.4. The van der Waals surface area contributed by atoms with E-state index in [1.807, 2.05) is 13.8 Å². The standard InChI is InChI=1S/C13H22O2/c1-9(2)12-7-11(5-4-6-14)10(3)13(15)8-12/h10-12,14H,1,4-8H2,2-3H3/t10?,11-,12-/m0/s1. The van der Waals surface area contributed by atoms with Crippen LogP contribution in [0, 0.1) is 17.8 Å². The third kappa shape index (κ3) is 3.16. The second-order valence-electron chi connectivity index (χ2n) is 4.86. The van der Waals surface area contributed by atoms with Crippen LogP contribution in [0.15, 0.2) is 12.2 Å². The predicted molar refractivity (Wildman–Crippen MR) is 61.5 cm³/mol. The minimum absolute atomic E-state index is 0.173. The lowest BCUT2D eigenvalue weighted by molar-refractivity contribution is -0.127. The first-order valence-electron chi connectivity index (χ1n) is 5.85. The van der Waals surface area contributed by atoms with E-state index >= 15 is 0 Å². The maximum Gasteiger partial charge on any atom is 0.136 e. The van der Waals surface area contributed by atoms with Gasteiger partial charge in [0.2, 0.25) is 0 Å². The third-order valence-electron chi connectivity index (χ3n) is 3.68. The lowest BCUT2D eigenvalue weighted by Crippen LogP contribution is -2.31. The monoisotopic (exact) mass is 210 g/mol. The molecule has 0 heterocycles. The second kappa shape index (κ2) is 5.45. The van der Waals surface area contributed by atoms with Gasteiger partial charge >= 0.3 is 0 Å². The van der Waals surface area contributed by atoms with Crippen LogP contribution >= 0.6 is 0 Å². The van der Waals surface area contributed by atoms with Gasteiger partial charge in [0.05, 0.1) is 0 Å². The number of Topliss-reactive ketones (excluding diaryl/α,β-unsaturated/α-hetero) is 1. The van der Waals surface area contributed by atoms with Gasteiger partial charge in [-0.05, 0) is 38.0 Å². The Kier molecular flexibility index (Phi) is 4.52. The predicted octanol–water partition coefficient (Wildman–Crippen LogP) is 2.57. The smallest absolute Gasteiger partial charge is 0.136 e. The molecule has 0 bridgehead atoms. The SMILES string of the molecule is C=C(C)[C@@H]1CC(=O)C(C)[C@@H](CCCO)C1. The molecule has 0 aromatic carbocycles. The minimum atomic E-state index is 0.173. The first-order chi connectivity index (χ1) is 7.06. The van der Waals surface area contributed by atoms with E-state index in [1.54, 1.807) is 0 Å². The van der Waals surface area contributed by atoms with Crippen LogP contribution < -0.4 is 0 Å². The van der Waals surface area contributed by atoms with Crippen LogP contribution in [0.1, 0.15) is 39.5 Å². The van der Waals surface area contributed by atoms with E-state index in [0.717, 1.165) is 24.8 Å². The Bertz CT molecular complexity index is 245. The van der Waals surface area contributed by atoms with E-state index in [9.17, 15) is 4.79 Å². The molecule has 0 aromatic heterocycles. The number of rotatable bonds is 4. The van der Waals surface area contributed by atoms with E-state index in [-0.39, 0.29) is 12.5 Å². The van der Waals surface area contributed by atoms with Crippen molar-refractivity contribution in [3.63, 3.8) is 0 Å². The molecule has 1 N–H and O–H groups in total. The molecule has 1 fully saturated rings. The van der Waals surface area contributed by atoms with Crippen molar-refractivity contribution in [2.75, 3.05) is 6.61 Å². The zero-order valence-electron chi connectivity index (χ0n) is 9.83. The van der Waals surface area contributed by atoms with Crippen LogP contribution in [0.4, 0.5) is 0 Å². The van der Waals surface area contributed by atoms with Gasteiger partial charge in [-0.25, -0.2) is 0 Å². The summed E-state index contributed by atoms with van der Waals surface area (Å²) in [5, 5.41) is 8.82. The summed E-state index contributed by atoms with van der Waals surface area (Å²) >= 11 is 0. The third-order valence-corrected chi connectivity index (χ3v) is 3.68. The van der Waals surface area contributed by atoms with Crippen molar-refractivity contribution in [3.8, 4) is 0 Å². The van der Waals surface area contributed by atoms with Crippen molar-refractivity contribution in [1.82, 2.24) is 0 Å². The Morgan fingerprint density at radius 2 is 2.27 bits per heavy atom. The summed E-state index contributed by atoms with van der Waals surface area (Å²) in [5.74, 6) is 1.36. The van der Waals surface area contributed by atoms with Crippen molar-refractivity contribution in [2.24, 2.45) is 17.8 Å². The quantitative estimate of drug-likeness (QED) is 0.724. The largest absolute Gasteiger partial charge is 0.396 e. The number of aliphatic hydroxyl groups excluding tert-OH is 1. The highest BCUT2D eigenvalue weighted by Crippen LogP contribution is 2.36. The van der Waals surface area contributed by atoms with E-state index in [0.29, 0.717) is 24.0 Å². The molecule has 2 nitrogen and oxygen atoms in total. The zero-order valence-corrected chi connectivity index (χ0v) is 9.83. The number of carbonyl (C=O) groups excluding carboxylic acids is 1. The fourth-order valence-electron chi connectivity index (χ4n) is 2.44. The van der Waals surface area contributed by atoms with Gasteiger partial charge in [0, 0.05) is 18.9 Å². The lowest BCUT2D eigenvalue weighted by atomic mass is 9.70. The lowest BCUT2D eigenvalue weighted by Gasteiger charge is -2.33. The molecule has 3 atom stereocenters. The van der Waals surface area contributed by atoms with Gasteiger partial charge in [0.15, 0.2) is 0 Å². The molecule has 0 spiro atoms. The van der Waals surface area contributed by atoms with E-state index < -0.39 is 0 Å². The average Bonchev–Trinajstić information content (AvgIpc) is 2.19. The molecule has 2 heteroatoms. The molecule has 1 unspecified atom stereocenters. The molecular formula is C13H22O2. The Balaban J connectivity index is 2.60. The number of hydrogen-bond donors (Lipinski definition) is 1. The summed E-state index contributed by atoms with van der Waals surface area (Å²) in [4.78, 5) is 11.8. The normalized spacial score (nSPS) is 31.7. The highest BCUT2D eigenvalue weighted by molar-refractivity contribution is 5.82. The van der Waals surface area contributed by atoms with Gasteiger partial charge in [-0.3, -0.25) is 4.79 Å². The molecule has 0 aromatic rings. The van der Waals surface area contributed by atoms with Crippen LogP contribution in [-0.4, -0.2) is 17.5 Å². The molecule has 1 rings (SSSR count). The number of aliphatic hydroxyl groups is 1. The fraction of sp³-hybridized carbons (Fsp3) is 0.769. The Morgan fingerprint density at radius 3 is 2.80 bits per heavy atom. The maximum atomic E-state index is 11.8. The molecule has 0 aliphatic heterocycles. The summed E-state index contributed by atoms with van der Waals surface area (Å²) in [6.45, 7) is 8.22. The Labute approximate surface area is 92.4 Å². The fourth-order valence-corrected chi connectivity index (χ4v) is 2.44. The van der Waals surface area contributed by atoms with E-state index in [1.165, 1.54) is 0 Å². The number of carbonyl (C=O) groups is 1.